The molecule has 3 aromatic carbocycles. The van der Waals surface area contributed by atoms with Crippen molar-refractivity contribution in [2.24, 2.45) is 10.4 Å². The van der Waals surface area contributed by atoms with Crippen molar-refractivity contribution < 1.29 is 33.8 Å². The number of thiazole rings is 1. The largest absolute Gasteiger partial charge is 0.494 e. The van der Waals surface area contributed by atoms with Crippen molar-refractivity contribution in [3.63, 3.8) is 0 Å². The van der Waals surface area contributed by atoms with Crippen LogP contribution in [0.4, 0.5) is 0 Å². The van der Waals surface area contributed by atoms with E-state index in [1.165, 1.54) is 9.78 Å². The van der Waals surface area contributed by atoms with Crippen LogP contribution in [0.5, 0.6) is 5.75 Å². The number of aliphatic hydroxyl groups is 1. The number of aliphatic imine (C=N–C) groups is 1. The predicted octanol–water partition coefficient (Wildman–Crippen LogP) is 8.09. The SMILES string of the molecule is Cc1ncsc1-c1ccc(CNC(=O)[C@@H]2C[C@@H](O)CN2C(=O)C(NC(=O)COCCCOc2ccc([C@@H](C)NC(=O)C[C@@H]3N=C(c4ccc(Cl)cc4)c4c(sc(C)c4C)-n4c(C)nnc43)cc2)C(C)(C)C)cc1. The summed E-state index contributed by atoms with van der Waals surface area (Å²) in [6.07, 6.45) is -0.241. The van der Waals surface area contributed by atoms with Gasteiger partial charge in [-0.3, -0.25) is 28.7 Å². The Balaban J connectivity index is 0.782. The lowest BCUT2D eigenvalue weighted by molar-refractivity contribution is -0.144. The molecule has 1 unspecified atom stereocenters. The highest BCUT2D eigenvalue weighted by Crippen LogP contribution is 2.40. The van der Waals surface area contributed by atoms with E-state index in [1.54, 1.807) is 22.7 Å². The Hall–Kier alpha value is -6.31. The molecule has 1 saturated heterocycles. The molecule has 5 atom stereocenters. The topological polar surface area (TPSA) is 202 Å². The van der Waals surface area contributed by atoms with Crippen LogP contribution in [-0.4, -0.2) is 104 Å². The van der Waals surface area contributed by atoms with E-state index in [2.05, 4.69) is 45.0 Å². The molecular weight excluding hydrogens is 986 g/mol. The standard InChI is InChI=1S/C54H62ClN9O7S2/c1-30-33(4)73-53-46(30)47(37-14-18-39(55)19-15-37)59-42(50-62-61-34(5)64(50)53)25-44(66)58-31(2)36-16-20-41(21-17-36)71-23-9-22-70-28-45(67)60-49(54(6,7)8)52(69)63-27-40(65)24-43(63)51(68)56-26-35-10-12-38(13-11-35)48-32(3)57-29-72-48/h10-21,29,31,40,42-43,49,65H,9,22-28H2,1-8H3,(H,56,68)(H,58,66)(H,60,67)/t31-,40-,42+,43+,49?/m1/s1. The molecule has 384 valence electrons. The molecule has 0 saturated carbocycles. The molecule has 73 heavy (non-hydrogen) atoms. The van der Waals surface area contributed by atoms with Crippen LogP contribution >= 0.6 is 34.3 Å². The lowest BCUT2D eigenvalue weighted by Crippen LogP contribution is -2.58. The van der Waals surface area contributed by atoms with Crippen molar-refractivity contribution >= 4 is 63.6 Å². The summed E-state index contributed by atoms with van der Waals surface area (Å²) in [4.78, 5) is 67.6. The van der Waals surface area contributed by atoms with Crippen LogP contribution in [0.2, 0.25) is 5.02 Å². The first kappa shape index (κ1) is 53.0. The molecule has 4 amide bonds. The van der Waals surface area contributed by atoms with Gasteiger partial charge in [-0.15, -0.1) is 32.9 Å². The van der Waals surface area contributed by atoms with E-state index >= 15 is 0 Å². The van der Waals surface area contributed by atoms with Gasteiger partial charge in [0.25, 0.3) is 0 Å². The smallest absolute Gasteiger partial charge is 0.246 e. The summed E-state index contributed by atoms with van der Waals surface area (Å²) in [6, 6.07) is 20.2. The molecule has 3 aromatic heterocycles. The number of hydrogen-bond donors (Lipinski definition) is 4. The summed E-state index contributed by atoms with van der Waals surface area (Å²) in [5, 5.41) is 30.0. The maximum atomic E-state index is 14.0. The predicted molar refractivity (Wildman–Crippen MR) is 283 cm³/mol. The molecule has 1 fully saturated rings. The molecule has 2 aliphatic rings. The normalized spacial score (nSPS) is 17.2. The number of nitrogens with zero attached hydrogens (tertiary/aromatic N) is 6. The van der Waals surface area contributed by atoms with E-state index in [9.17, 15) is 24.3 Å². The van der Waals surface area contributed by atoms with Gasteiger partial charge in [0.05, 0.1) is 53.6 Å². The van der Waals surface area contributed by atoms with Crippen LogP contribution < -0.4 is 20.7 Å². The number of hydrogen-bond acceptors (Lipinski definition) is 13. The first-order valence-corrected chi connectivity index (χ1v) is 26.4. The van der Waals surface area contributed by atoms with Crippen molar-refractivity contribution in [3.8, 4) is 21.2 Å². The Morgan fingerprint density at radius 1 is 0.904 bits per heavy atom. The van der Waals surface area contributed by atoms with E-state index < -0.39 is 41.5 Å². The van der Waals surface area contributed by atoms with E-state index in [-0.39, 0.29) is 57.0 Å². The molecule has 19 heteroatoms. The second kappa shape index (κ2) is 22.8. The number of β-amino-alcohol motifs (C(OH)–C–C–N with tert-alkyl or cyclic N) is 1. The van der Waals surface area contributed by atoms with E-state index in [1.807, 2.05) is 124 Å². The summed E-state index contributed by atoms with van der Waals surface area (Å²) in [5.74, 6) is 0.477. The molecule has 0 aliphatic carbocycles. The zero-order chi connectivity index (χ0) is 52.1. The lowest BCUT2D eigenvalue weighted by Gasteiger charge is -2.35. The highest BCUT2D eigenvalue weighted by Gasteiger charge is 2.44. The number of likely N-dealkylation sites (tertiary alicyclic amines) is 1. The number of ether oxygens (including phenoxy) is 2. The number of carbonyl (C=O) groups is 4. The first-order chi connectivity index (χ1) is 34.9. The van der Waals surface area contributed by atoms with Crippen molar-refractivity contribution in [3.05, 3.63) is 133 Å². The minimum atomic E-state index is -0.977. The maximum Gasteiger partial charge on any atom is 0.246 e. The fourth-order valence-corrected chi connectivity index (χ4v) is 11.2. The van der Waals surface area contributed by atoms with Crippen LogP contribution in [0.15, 0.2) is 83.3 Å². The van der Waals surface area contributed by atoms with Crippen molar-refractivity contribution in [2.45, 2.75) is 111 Å². The summed E-state index contributed by atoms with van der Waals surface area (Å²) >= 11 is 9.50. The van der Waals surface area contributed by atoms with Gasteiger partial charge < -0.3 is 35.4 Å². The van der Waals surface area contributed by atoms with Crippen LogP contribution in [0.3, 0.4) is 0 Å². The van der Waals surface area contributed by atoms with Gasteiger partial charge in [0, 0.05) is 47.0 Å². The third kappa shape index (κ3) is 12.4. The zero-order valence-electron chi connectivity index (χ0n) is 42.3. The van der Waals surface area contributed by atoms with Gasteiger partial charge in [-0.05, 0) is 86.6 Å². The number of fused-ring (bicyclic) bond motifs is 3. The monoisotopic (exact) mass is 1050 g/mol. The third-order valence-corrected chi connectivity index (χ3v) is 15.6. The first-order valence-electron chi connectivity index (χ1n) is 24.4. The van der Waals surface area contributed by atoms with Crippen molar-refractivity contribution in [1.82, 2.24) is 40.6 Å². The third-order valence-electron chi connectivity index (χ3n) is 13.1. The van der Waals surface area contributed by atoms with Gasteiger partial charge in [0.1, 0.15) is 41.3 Å². The van der Waals surface area contributed by atoms with Gasteiger partial charge in [-0.2, -0.15) is 0 Å². The number of thiophene rings is 1. The second-order valence-corrected chi connectivity index (χ2v) is 22.2. The Morgan fingerprint density at radius 2 is 1.62 bits per heavy atom. The minimum absolute atomic E-state index is 0.0237. The van der Waals surface area contributed by atoms with E-state index in [4.69, 9.17) is 26.1 Å². The second-order valence-electron chi connectivity index (χ2n) is 19.7. The Bertz CT molecular complexity index is 2980. The highest BCUT2D eigenvalue weighted by molar-refractivity contribution is 7.15. The number of aromatic nitrogens is 4. The Kier molecular flexibility index (Phi) is 16.6. The van der Waals surface area contributed by atoms with Gasteiger partial charge in [0.15, 0.2) is 5.82 Å². The number of aryl methyl sites for hydroxylation is 3. The van der Waals surface area contributed by atoms with Gasteiger partial charge in [0.2, 0.25) is 23.6 Å². The quantitative estimate of drug-likeness (QED) is 0.0610. The molecule has 0 spiro atoms. The molecule has 4 N–H and O–H groups in total. The lowest BCUT2D eigenvalue weighted by atomic mass is 9.85. The average molecular weight is 1050 g/mol. The summed E-state index contributed by atoms with van der Waals surface area (Å²) < 4.78 is 13.7. The van der Waals surface area contributed by atoms with Gasteiger partial charge >= 0.3 is 0 Å². The number of halogens is 1. The van der Waals surface area contributed by atoms with E-state index in [0.717, 1.165) is 60.5 Å². The summed E-state index contributed by atoms with van der Waals surface area (Å²) in [7, 11) is 0. The van der Waals surface area contributed by atoms with E-state index in [0.29, 0.717) is 29.6 Å². The molecule has 0 radical (unpaired) electrons. The molecule has 0 bridgehead atoms. The Labute approximate surface area is 438 Å². The number of benzene rings is 3. The van der Waals surface area contributed by atoms with Crippen molar-refractivity contribution in [1.29, 1.82) is 0 Å². The zero-order valence-corrected chi connectivity index (χ0v) is 44.7. The number of carbonyl (C=O) groups excluding carboxylic acids is 4. The molecule has 2 aliphatic heterocycles. The van der Waals surface area contributed by atoms with Crippen LogP contribution in [-0.2, 0) is 30.5 Å². The fraction of sp³-hybridized carbons (Fsp3) is 0.407. The number of rotatable bonds is 18. The maximum absolute atomic E-state index is 14.0. The summed E-state index contributed by atoms with van der Waals surface area (Å²) in [5.41, 5.74) is 8.68. The average Bonchev–Trinajstić information content (AvgIpc) is 4.13. The van der Waals surface area contributed by atoms with Crippen molar-refractivity contribution in [2.75, 3.05) is 26.4 Å². The van der Waals surface area contributed by atoms with Gasteiger partial charge in [-0.25, -0.2) is 4.98 Å². The van der Waals surface area contributed by atoms with Gasteiger partial charge in [-0.1, -0.05) is 80.9 Å². The van der Waals surface area contributed by atoms with Crippen LogP contribution in [0.1, 0.15) is 109 Å². The molecular formula is C54H62ClN9O7S2. The molecule has 16 nitrogen and oxygen atoms in total. The molecule has 6 aromatic rings. The number of amides is 4. The highest BCUT2D eigenvalue weighted by atomic mass is 35.5. The Morgan fingerprint density at radius 3 is 2.30 bits per heavy atom. The van der Waals surface area contributed by atoms with Crippen LogP contribution in [0.25, 0.3) is 15.4 Å². The molecule has 5 heterocycles. The van der Waals surface area contributed by atoms with Crippen LogP contribution in [0, 0.1) is 33.1 Å². The number of aliphatic hydroxyl groups excluding tert-OH is 1. The molecule has 8 rings (SSSR count). The fourth-order valence-electron chi connectivity index (χ4n) is 9.04. The summed E-state index contributed by atoms with van der Waals surface area (Å²) in [6.45, 7) is 16.0. The number of nitrogens with one attached hydrogen (secondary N) is 3. The minimum Gasteiger partial charge on any atom is -0.494 e.